The molecule has 0 aliphatic carbocycles. The maximum atomic E-state index is 12.1. The summed E-state index contributed by atoms with van der Waals surface area (Å²) in [6, 6.07) is 4.85. The number of aliphatic hydroxyl groups is 1. The Morgan fingerprint density at radius 3 is 2.63 bits per heavy atom. The van der Waals surface area contributed by atoms with Crippen molar-refractivity contribution in [1.29, 1.82) is 0 Å². The van der Waals surface area contributed by atoms with Crippen LogP contribution in [0.4, 0.5) is 9.59 Å². The fraction of sp³-hybridized carbons (Fsp3) is 0.680. The summed E-state index contributed by atoms with van der Waals surface area (Å²) in [4.78, 5) is 25.1. The standard InChI is InChI=1S/C25H41N3O7/c1-17(2)19(13-18-7-8-22(34-4)23(14-18)35-12-6-11-33-3)15-20(27-25(31)32)21(29)16-28-10-5-9-26-24(28)30/h7-8,14,17,19-21,27,29H,5-6,9-13,15-16H2,1-4H3,(H,26,30)(H,31,32)/t19-,20-,21-/m0/s1. The van der Waals surface area contributed by atoms with Gasteiger partial charge >= 0.3 is 12.1 Å². The van der Waals surface area contributed by atoms with Crippen molar-refractivity contribution < 1.29 is 34.0 Å². The van der Waals surface area contributed by atoms with Crippen LogP contribution in [0.5, 0.6) is 11.5 Å². The molecule has 0 saturated carbocycles. The predicted molar refractivity (Wildman–Crippen MR) is 132 cm³/mol. The molecule has 2 rings (SSSR count). The minimum atomic E-state index is -1.20. The Labute approximate surface area is 207 Å². The van der Waals surface area contributed by atoms with Crippen molar-refractivity contribution in [3.63, 3.8) is 0 Å². The highest BCUT2D eigenvalue weighted by Gasteiger charge is 2.30. The molecule has 0 bridgehead atoms. The van der Waals surface area contributed by atoms with Crippen LogP contribution >= 0.6 is 0 Å². The number of nitrogens with zero attached hydrogens (tertiary/aromatic N) is 1. The summed E-state index contributed by atoms with van der Waals surface area (Å²) in [7, 11) is 3.25. The van der Waals surface area contributed by atoms with E-state index < -0.39 is 18.2 Å². The van der Waals surface area contributed by atoms with Gasteiger partial charge in [0, 0.05) is 33.2 Å². The molecule has 198 valence electrons. The van der Waals surface area contributed by atoms with Crippen LogP contribution in [-0.4, -0.2) is 86.5 Å². The van der Waals surface area contributed by atoms with E-state index in [1.807, 2.05) is 18.2 Å². The summed E-state index contributed by atoms with van der Waals surface area (Å²) in [5.41, 5.74) is 1.03. The molecule has 3 amide bonds. The second-order valence-electron chi connectivity index (χ2n) is 9.28. The third-order valence-corrected chi connectivity index (χ3v) is 6.32. The second kappa shape index (κ2) is 14.6. The van der Waals surface area contributed by atoms with Crippen LogP contribution in [-0.2, 0) is 11.2 Å². The van der Waals surface area contributed by atoms with Crippen LogP contribution in [0.25, 0.3) is 0 Å². The van der Waals surface area contributed by atoms with Crippen LogP contribution < -0.4 is 20.1 Å². The van der Waals surface area contributed by atoms with E-state index in [4.69, 9.17) is 14.2 Å². The Hall–Kier alpha value is -2.72. The molecule has 10 nitrogen and oxygen atoms in total. The zero-order valence-corrected chi connectivity index (χ0v) is 21.3. The van der Waals surface area contributed by atoms with E-state index in [2.05, 4.69) is 24.5 Å². The van der Waals surface area contributed by atoms with Gasteiger partial charge in [-0.1, -0.05) is 19.9 Å². The van der Waals surface area contributed by atoms with Crippen LogP contribution in [0.1, 0.15) is 38.7 Å². The lowest BCUT2D eigenvalue weighted by atomic mass is 9.83. The molecule has 1 aromatic rings. The molecule has 35 heavy (non-hydrogen) atoms. The zero-order valence-electron chi connectivity index (χ0n) is 21.3. The predicted octanol–water partition coefficient (Wildman–Crippen LogP) is 2.73. The first-order valence-corrected chi connectivity index (χ1v) is 12.2. The monoisotopic (exact) mass is 495 g/mol. The minimum absolute atomic E-state index is 0.0730. The lowest BCUT2D eigenvalue weighted by Gasteiger charge is -2.34. The van der Waals surface area contributed by atoms with E-state index in [9.17, 15) is 19.8 Å². The molecular formula is C25H41N3O7. The molecule has 1 heterocycles. The molecule has 1 aliphatic heterocycles. The number of hydrogen-bond acceptors (Lipinski definition) is 6. The number of carbonyl (C=O) groups is 2. The molecule has 1 aliphatic rings. The Morgan fingerprint density at radius 2 is 2.00 bits per heavy atom. The number of rotatable bonds is 15. The highest BCUT2D eigenvalue weighted by Crippen LogP contribution is 2.31. The van der Waals surface area contributed by atoms with Gasteiger partial charge in [-0.3, -0.25) is 0 Å². The van der Waals surface area contributed by atoms with Crippen LogP contribution in [0, 0.1) is 11.8 Å². The van der Waals surface area contributed by atoms with Gasteiger partial charge in [0.2, 0.25) is 0 Å². The number of carbonyl (C=O) groups excluding carboxylic acids is 1. The lowest BCUT2D eigenvalue weighted by Crippen LogP contribution is -2.54. The van der Waals surface area contributed by atoms with Gasteiger partial charge in [0.15, 0.2) is 11.5 Å². The van der Waals surface area contributed by atoms with Gasteiger partial charge in [-0.15, -0.1) is 0 Å². The summed E-state index contributed by atoms with van der Waals surface area (Å²) in [6.07, 6.45) is 0.426. The first kappa shape index (κ1) is 28.5. The Bertz CT molecular complexity index is 805. The molecule has 4 N–H and O–H groups in total. The molecule has 0 radical (unpaired) electrons. The van der Waals surface area contributed by atoms with Gasteiger partial charge in [0.25, 0.3) is 0 Å². The van der Waals surface area contributed by atoms with Crippen molar-refractivity contribution in [3.8, 4) is 11.5 Å². The van der Waals surface area contributed by atoms with Gasteiger partial charge in [0.1, 0.15) is 0 Å². The molecule has 1 fully saturated rings. The lowest BCUT2D eigenvalue weighted by molar-refractivity contribution is 0.0711. The highest BCUT2D eigenvalue weighted by molar-refractivity contribution is 5.74. The molecule has 1 saturated heterocycles. The van der Waals surface area contributed by atoms with Crippen molar-refractivity contribution in [2.75, 3.05) is 47.1 Å². The largest absolute Gasteiger partial charge is 0.493 e. The second-order valence-corrected chi connectivity index (χ2v) is 9.28. The third-order valence-electron chi connectivity index (χ3n) is 6.32. The zero-order chi connectivity index (χ0) is 25.8. The maximum Gasteiger partial charge on any atom is 0.404 e. The number of urea groups is 1. The quantitative estimate of drug-likeness (QED) is 0.275. The van der Waals surface area contributed by atoms with Crippen LogP contribution in [0.15, 0.2) is 18.2 Å². The van der Waals surface area contributed by atoms with E-state index in [-0.39, 0.29) is 24.4 Å². The average molecular weight is 496 g/mol. The van der Waals surface area contributed by atoms with E-state index in [1.165, 1.54) is 4.90 Å². The molecule has 0 unspecified atom stereocenters. The number of amides is 3. The van der Waals surface area contributed by atoms with Crippen molar-refractivity contribution >= 4 is 12.1 Å². The summed E-state index contributed by atoms with van der Waals surface area (Å²) in [5.74, 6) is 1.60. The Balaban J connectivity index is 2.12. The molecule has 10 heteroatoms. The average Bonchev–Trinajstić information content (AvgIpc) is 2.82. The normalized spacial score (nSPS) is 16.4. The van der Waals surface area contributed by atoms with Crippen molar-refractivity contribution in [1.82, 2.24) is 15.5 Å². The van der Waals surface area contributed by atoms with Crippen molar-refractivity contribution in [2.24, 2.45) is 11.8 Å². The number of ether oxygens (including phenoxy) is 3. The Morgan fingerprint density at radius 1 is 1.23 bits per heavy atom. The smallest absolute Gasteiger partial charge is 0.404 e. The molecular weight excluding hydrogens is 454 g/mol. The molecule has 0 aromatic heterocycles. The number of benzene rings is 1. The summed E-state index contributed by atoms with van der Waals surface area (Å²) < 4.78 is 16.4. The first-order valence-electron chi connectivity index (χ1n) is 12.2. The fourth-order valence-electron chi connectivity index (χ4n) is 4.24. The number of methoxy groups -OCH3 is 2. The summed E-state index contributed by atoms with van der Waals surface area (Å²) in [6.45, 7) is 6.49. The van der Waals surface area contributed by atoms with Gasteiger partial charge < -0.3 is 40.0 Å². The number of hydrogen-bond donors (Lipinski definition) is 4. The fourth-order valence-corrected chi connectivity index (χ4v) is 4.24. The molecule has 0 spiro atoms. The molecule has 3 atom stereocenters. The maximum absolute atomic E-state index is 12.1. The minimum Gasteiger partial charge on any atom is -0.493 e. The SMILES string of the molecule is COCCCOc1cc(C[C@@H](C[C@H](NC(=O)O)[C@@H](O)CN2CCCNC2=O)C(C)C)ccc1OC. The van der Waals surface area contributed by atoms with Crippen molar-refractivity contribution in [3.05, 3.63) is 23.8 Å². The van der Waals surface area contributed by atoms with Crippen LogP contribution in [0.2, 0.25) is 0 Å². The topological polar surface area (TPSA) is 130 Å². The number of nitrogens with one attached hydrogen (secondary N) is 2. The summed E-state index contributed by atoms with van der Waals surface area (Å²) >= 11 is 0. The number of carboxylic acid groups (broad SMARTS) is 1. The van der Waals surface area contributed by atoms with Crippen molar-refractivity contribution in [2.45, 2.75) is 51.7 Å². The number of β-amino-alcohol motifs (C(OH)–C–C–N with tert-alkyl or cyclic N) is 1. The first-order chi connectivity index (χ1) is 16.7. The van der Waals surface area contributed by atoms with E-state index in [0.29, 0.717) is 50.6 Å². The van der Waals surface area contributed by atoms with Crippen LogP contribution in [0.3, 0.4) is 0 Å². The summed E-state index contributed by atoms with van der Waals surface area (Å²) in [5, 5.41) is 25.5. The van der Waals surface area contributed by atoms with Gasteiger partial charge in [0.05, 0.1) is 32.4 Å². The van der Waals surface area contributed by atoms with E-state index in [0.717, 1.165) is 18.4 Å². The highest BCUT2D eigenvalue weighted by atomic mass is 16.5. The third kappa shape index (κ3) is 9.45. The molecule has 1 aromatic carbocycles. The number of aliphatic hydroxyl groups excluding tert-OH is 1. The van der Waals surface area contributed by atoms with E-state index >= 15 is 0 Å². The van der Waals surface area contributed by atoms with Gasteiger partial charge in [-0.25, -0.2) is 9.59 Å². The van der Waals surface area contributed by atoms with Gasteiger partial charge in [-0.2, -0.15) is 0 Å². The Kier molecular flexibility index (Phi) is 11.9. The van der Waals surface area contributed by atoms with E-state index in [1.54, 1.807) is 14.2 Å². The van der Waals surface area contributed by atoms with Gasteiger partial charge in [-0.05, 0) is 48.8 Å².